The van der Waals surface area contributed by atoms with Crippen LogP contribution in [0, 0.1) is 0 Å². The Morgan fingerprint density at radius 3 is 2.60 bits per heavy atom. The molecule has 3 nitrogen and oxygen atoms in total. The van der Waals surface area contributed by atoms with E-state index in [1.165, 1.54) is 12.1 Å². The summed E-state index contributed by atoms with van der Waals surface area (Å²) in [6.45, 7) is 0. The maximum Gasteiger partial charge on any atom is 0.151 e. The highest BCUT2D eigenvalue weighted by molar-refractivity contribution is 9.09. The first-order valence-electron chi connectivity index (χ1n) is 4.27. The zero-order chi connectivity index (χ0) is 11.4. The van der Waals surface area contributed by atoms with Gasteiger partial charge in [-0.1, -0.05) is 33.6 Å². The highest BCUT2D eigenvalue weighted by Gasteiger charge is 2.17. The van der Waals surface area contributed by atoms with Crippen LogP contribution >= 0.6 is 27.5 Å². The Kier molecular flexibility index (Phi) is 4.73. The van der Waals surface area contributed by atoms with Crippen LogP contribution in [0.5, 0.6) is 0 Å². The number of hydrogen-bond donors (Lipinski definition) is 2. The van der Waals surface area contributed by atoms with Gasteiger partial charge in [-0.2, -0.15) is 0 Å². The van der Waals surface area contributed by atoms with Crippen LogP contribution in [0.3, 0.4) is 0 Å². The minimum atomic E-state index is -1.01. The lowest BCUT2D eigenvalue weighted by molar-refractivity contribution is 0.0343. The fraction of sp³-hybridized carbons (Fsp3) is 0.300. The summed E-state index contributed by atoms with van der Waals surface area (Å²) in [6.07, 6.45) is -1.27. The first kappa shape index (κ1) is 12.6. The van der Waals surface area contributed by atoms with E-state index in [4.69, 9.17) is 11.6 Å². The molecule has 2 N–H and O–H groups in total. The zero-order valence-electron chi connectivity index (χ0n) is 7.73. The molecule has 5 heteroatoms. The van der Waals surface area contributed by atoms with Crippen LogP contribution in [0.1, 0.15) is 22.0 Å². The smallest absolute Gasteiger partial charge is 0.151 e. The molecule has 0 amide bonds. The van der Waals surface area contributed by atoms with Crippen LogP contribution in [0.4, 0.5) is 0 Å². The topological polar surface area (TPSA) is 57.5 Å². The largest absolute Gasteiger partial charge is 0.389 e. The maximum atomic E-state index is 10.5. The highest BCUT2D eigenvalue weighted by atomic mass is 79.9. The van der Waals surface area contributed by atoms with Crippen LogP contribution in [-0.4, -0.2) is 27.9 Å². The van der Waals surface area contributed by atoms with E-state index in [1.807, 2.05) is 0 Å². The molecule has 82 valence electrons. The molecular weight excluding hydrogens is 283 g/mol. The molecule has 1 aromatic carbocycles. The van der Waals surface area contributed by atoms with Crippen LogP contribution in [-0.2, 0) is 0 Å². The second-order valence-corrected chi connectivity index (χ2v) is 4.12. The lowest BCUT2D eigenvalue weighted by Gasteiger charge is -2.16. The van der Waals surface area contributed by atoms with Gasteiger partial charge in [-0.25, -0.2) is 0 Å². The van der Waals surface area contributed by atoms with E-state index >= 15 is 0 Å². The van der Waals surface area contributed by atoms with Gasteiger partial charge >= 0.3 is 0 Å². The van der Waals surface area contributed by atoms with Crippen molar-refractivity contribution in [1.82, 2.24) is 0 Å². The maximum absolute atomic E-state index is 10.5. The molecule has 1 aromatic rings. The van der Waals surface area contributed by atoms with E-state index in [0.29, 0.717) is 17.4 Å². The summed E-state index contributed by atoms with van der Waals surface area (Å²) in [5, 5.41) is 19.6. The Hall–Kier alpha value is -0.420. The average molecular weight is 294 g/mol. The number of hydrogen-bond acceptors (Lipinski definition) is 3. The van der Waals surface area contributed by atoms with Gasteiger partial charge in [-0.05, 0) is 17.7 Å². The monoisotopic (exact) mass is 292 g/mol. The molecular formula is C10H10BrClO3. The molecule has 0 saturated carbocycles. The number of halogens is 2. The SMILES string of the molecule is O=Cc1ccc(C(O)C(O)CBr)cc1Cl. The van der Waals surface area contributed by atoms with E-state index < -0.39 is 12.2 Å². The molecule has 0 heterocycles. The number of alkyl halides is 1. The summed E-state index contributed by atoms with van der Waals surface area (Å²) in [5.74, 6) is 0. The first-order chi connectivity index (χ1) is 7.10. The highest BCUT2D eigenvalue weighted by Crippen LogP contribution is 2.23. The van der Waals surface area contributed by atoms with Gasteiger partial charge in [-0.3, -0.25) is 4.79 Å². The zero-order valence-corrected chi connectivity index (χ0v) is 10.1. The summed E-state index contributed by atoms with van der Waals surface area (Å²) >= 11 is 8.85. The quantitative estimate of drug-likeness (QED) is 0.659. The van der Waals surface area contributed by atoms with Crippen molar-refractivity contribution in [3.63, 3.8) is 0 Å². The van der Waals surface area contributed by atoms with Crippen molar-refractivity contribution in [2.75, 3.05) is 5.33 Å². The summed E-state index contributed by atoms with van der Waals surface area (Å²) in [4.78, 5) is 10.5. The molecule has 0 radical (unpaired) electrons. The Balaban J connectivity index is 2.96. The number of aldehydes is 1. The van der Waals surface area contributed by atoms with E-state index in [2.05, 4.69) is 15.9 Å². The molecule has 0 aromatic heterocycles. The van der Waals surface area contributed by atoms with Crippen molar-refractivity contribution < 1.29 is 15.0 Å². The van der Waals surface area contributed by atoms with Gasteiger partial charge < -0.3 is 10.2 Å². The summed E-state index contributed by atoms with van der Waals surface area (Å²) in [5.41, 5.74) is 0.846. The van der Waals surface area contributed by atoms with Crippen LogP contribution in [0.15, 0.2) is 18.2 Å². The number of carbonyl (C=O) groups excluding carboxylic acids is 1. The lowest BCUT2D eigenvalue weighted by atomic mass is 10.0. The van der Waals surface area contributed by atoms with Crippen molar-refractivity contribution in [2.24, 2.45) is 0 Å². The van der Waals surface area contributed by atoms with Crippen molar-refractivity contribution in [1.29, 1.82) is 0 Å². The third kappa shape index (κ3) is 3.01. The number of aliphatic hydroxyl groups is 2. The van der Waals surface area contributed by atoms with Crippen LogP contribution in [0.2, 0.25) is 5.02 Å². The Bertz CT molecular complexity index is 357. The number of rotatable bonds is 4. The van der Waals surface area contributed by atoms with E-state index in [0.717, 1.165) is 0 Å². The summed E-state index contributed by atoms with van der Waals surface area (Å²) < 4.78 is 0. The molecule has 0 aliphatic carbocycles. The van der Waals surface area contributed by atoms with E-state index in [9.17, 15) is 15.0 Å². The lowest BCUT2D eigenvalue weighted by Crippen LogP contribution is -2.19. The molecule has 15 heavy (non-hydrogen) atoms. The van der Waals surface area contributed by atoms with Gasteiger partial charge in [0.25, 0.3) is 0 Å². The molecule has 0 bridgehead atoms. The van der Waals surface area contributed by atoms with Crippen molar-refractivity contribution in [2.45, 2.75) is 12.2 Å². The summed E-state index contributed by atoms with van der Waals surface area (Å²) in [6, 6.07) is 4.54. The molecule has 1 rings (SSSR count). The minimum absolute atomic E-state index is 0.265. The Morgan fingerprint density at radius 2 is 2.13 bits per heavy atom. The predicted molar refractivity (Wildman–Crippen MR) is 61.6 cm³/mol. The third-order valence-corrected chi connectivity index (χ3v) is 3.01. The standard InChI is InChI=1S/C10H10BrClO3/c11-4-9(14)10(15)6-1-2-7(5-13)8(12)3-6/h1-3,5,9-10,14-15H,4H2. The fourth-order valence-electron chi connectivity index (χ4n) is 1.13. The second kappa shape index (κ2) is 5.61. The van der Waals surface area contributed by atoms with Crippen LogP contribution < -0.4 is 0 Å². The van der Waals surface area contributed by atoms with Gasteiger partial charge in [0, 0.05) is 10.9 Å². The normalized spacial score (nSPS) is 14.7. The van der Waals surface area contributed by atoms with Crippen molar-refractivity contribution in [3.05, 3.63) is 34.3 Å². The first-order valence-corrected chi connectivity index (χ1v) is 5.76. The molecule has 2 unspecified atom stereocenters. The molecule has 0 aliphatic rings. The fourth-order valence-corrected chi connectivity index (χ4v) is 1.72. The van der Waals surface area contributed by atoms with Gasteiger partial charge in [-0.15, -0.1) is 0 Å². The van der Waals surface area contributed by atoms with Gasteiger partial charge in [0.2, 0.25) is 0 Å². The molecule has 0 saturated heterocycles. The Morgan fingerprint density at radius 1 is 1.47 bits per heavy atom. The average Bonchev–Trinajstić information content (AvgIpc) is 2.26. The van der Waals surface area contributed by atoms with Crippen LogP contribution in [0.25, 0.3) is 0 Å². The second-order valence-electron chi connectivity index (χ2n) is 3.07. The molecule has 0 spiro atoms. The minimum Gasteiger partial charge on any atom is -0.389 e. The number of carbonyl (C=O) groups is 1. The molecule has 2 atom stereocenters. The number of benzene rings is 1. The Labute approximate surface area is 101 Å². The molecule has 0 fully saturated rings. The van der Waals surface area contributed by atoms with E-state index in [1.54, 1.807) is 6.07 Å². The van der Waals surface area contributed by atoms with E-state index in [-0.39, 0.29) is 10.4 Å². The van der Waals surface area contributed by atoms with Gasteiger partial charge in [0.15, 0.2) is 6.29 Å². The molecule has 0 aliphatic heterocycles. The van der Waals surface area contributed by atoms with Crippen molar-refractivity contribution >= 4 is 33.8 Å². The van der Waals surface area contributed by atoms with Gasteiger partial charge in [0.05, 0.1) is 11.1 Å². The number of aliphatic hydroxyl groups excluding tert-OH is 2. The van der Waals surface area contributed by atoms with Gasteiger partial charge in [0.1, 0.15) is 6.10 Å². The van der Waals surface area contributed by atoms with Crippen molar-refractivity contribution in [3.8, 4) is 0 Å². The third-order valence-electron chi connectivity index (χ3n) is 2.02. The summed E-state index contributed by atoms with van der Waals surface area (Å²) in [7, 11) is 0. The predicted octanol–water partition coefficient (Wildman–Crippen LogP) is 1.94.